The van der Waals surface area contributed by atoms with Crippen molar-refractivity contribution in [2.24, 2.45) is 10.8 Å². The van der Waals surface area contributed by atoms with Crippen molar-refractivity contribution in [3.63, 3.8) is 0 Å². The van der Waals surface area contributed by atoms with Crippen molar-refractivity contribution in [3.8, 4) is 0 Å². The van der Waals surface area contributed by atoms with E-state index < -0.39 is 77.2 Å². The summed E-state index contributed by atoms with van der Waals surface area (Å²) in [6, 6.07) is 0. The molecule has 0 bridgehead atoms. The third-order valence-electron chi connectivity index (χ3n) is 9.70. The van der Waals surface area contributed by atoms with Gasteiger partial charge in [-0.05, 0) is 93.9 Å². The first-order chi connectivity index (χ1) is 26.0. The van der Waals surface area contributed by atoms with Crippen molar-refractivity contribution in [1.82, 2.24) is 0 Å². The third kappa shape index (κ3) is 14.9. The monoisotopic (exact) mass is 814 g/mol. The molecule has 0 spiro atoms. The van der Waals surface area contributed by atoms with E-state index in [-0.39, 0.29) is 39.3 Å². The highest BCUT2D eigenvalue weighted by Gasteiger charge is 2.62. The van der Waals surface area contributed by atoms with Crippen molar-refractivity contribution in [2.45, 2.75) is 158 Å². The van der Waals surface area contributed by atoms with Crippen molar-refractivity contribution in [1.29, 1.82) is 0 Å². The molecule has 0 rings (SSSR count). The molecular weight excluding hydrogens is 748 g/mol. The van der Waals surface area contributed by atoms with Crippen LogP contribution in [0.15, 0.2) is 0 Å². The van der Waals surface area contributed by atoms with Gasteiger partial charge in [0.05, 0.1) is 37.3 Å². The largest absolute Gasteiger partial charge is 0.541 e. The smallest absolute Gasteiger partial charge is 0.433 e. The van der Waals surface area contributed by atoms with Crippen LogP contribution in [-0.4, -0.2) is 92.8 Å². The molecule has 0 atom stereocenters. The molecule has 0 heterocycles. The summed E-state index contributed by atoms with van der Waals surface area (Å²) in [5, 5.41) is 0. The summed E-state index contributed by atoms with van der Waals surface area (Å²) in [6.45, 7) is 21.9. The molecule has 0 saturated carbocycles. The highest BCUT2D eigenvalue weighted by Crippen LogP contribution is 2.51. The number of rotatable bonds is 26. The Balaban J connectivity index is 6.77. The summed E-state index contributed by atoms with van der Waals surface area (Å²) in [5.41, 5.74) is -9.51. The predicted molar refractivity (Wildman–Crippen MR) is 194 cm³/mol. The number of hydrogen-bond acceptors (Lipinski definition) is 19. The lowest BCUT2D eigenvalue weighted by molar-refractivity contribution is -0.288. The Kier molecular flexibility index (Phi) is 22.4. The maximum Gasteiger partial charge on any atom is 0.541 e. The fourth-order valence-electron chi connectivity index (χ4n) is 6.44. The van der Waals surface area contributed by atoms with Crippen molar-refractivity contribution in [2.75, 3.05) is 39.6 Å². The van der Waals surface area contributed by atoms with Crippen LogP contribution >= 0.6 is 0 Å². The molecule has 0 fully saturated rings. The van der Waals surface area contributed by atoms with Gasteiger partial charge in [0.2, 0.25) is 0 Å². The summed E-state index contributed by atoms with van der Waals surface area (Å²) in [6.07, 6.45) is -3.73. The zero-order valence-electron chi connectivity index (χ0n) is 35.7. The standard InChI is InChI=1S/C37H66O19/c1-15-21-45-53-28(39)49-32(7,8)36(19-5,33(9,10)50-29(40)54-46-22-16-2)25-43-27(38)44-26-37(20-6,34(11,12)51-30(41)55-47-23-17-3)35(13,14)52-31(42)56-48-24-18-4/h15-26H2,1-14H3. The SMILES string of the molecule is CCCOOC(=O)OC(C)(C)C(CC)(COC(=O)OCC(CC)(C(C)(C)OC(=O)OOCCC)C(C)(C)OC(=O)OOCCC)C(C)(C)OC(=O)OOCCC. The van der Waals surface area contributed by atoms with E-state index in [2.05, 4.69) is 0 Å². The minimum absolute atomic E-state index is 0.0670. The minimum Gasteiger partial charge on any atom is -0.433 e. The Bertz CT molecular complexity index is 1050. The third-order valence-corrected chi connectivity index (χ3v) is 9.70. The van der Waals surface area contributed by atoms with Gasteiger partial charge in [-0.3, -0.25) is 19.6 Å². The van der Waals surface area contributed by atoms with Gasteiger partial charge in [-0.25, -0.2) is 24.0 Å². The number of carbonyl (C=O) groups is 5. The maximum absolute atomic E-state index is 13.6. The quantitative estimate of drug-likeness (QED) is 0.0262. The van der Waals surface area contributed by atoms with Crippen molar-refractivity contribution < 1.29 is 91.5 Å². The van der Waals surface area contributed by atoms with Gasteiger partial charge in [-0.1, -0.05) is 41.5 Å². The molecule has 0 saturated heterocycles. The summed E-state index contributed by atoms with van der Waals surface area (Å²) in [7, 11) is 0. The van der Waals surface area contributed by atoms with E-state index >= 15 is 0 Å². The molecule has 19 heteroatoms. The van der Waals surface area contributed by atoms with E-state index in [1.807, 2.05) is 27.7 Å². The van der Waals surface area contributed by atoms with Gasteiger partial charge in [0.1, 0.15) is 35.6 Å². The molecule has 0 aliphatic heterocycles. The second-order valence-electron chi connectivity index (χ2n) is 14.8. The zero-order valence-corrected chi connectivity index (χ0v) is 35.7. The van der Waals surface area contributed by atoms with E-state index in [1.54, 1.807) is 13.8 Å². The van der Waals surface area contributed by atoms with Gasteiger partial charge in [0, 0.05) is 0 Å². The van der Waals surface area contributed by atoms with Crippen LogP contribution in [0.1, 0.15) is 135 Å². The molecule has 0 aromatic heterocycles. The Morgan fingerprint density at radius 2 is 0.571 bits per heavy atom. The van der Waals surface area contributed by atoms with Crippen LogP contribution in [0.2, 0.25) is 0 Å². The molecule has 0 aromatic carbocycles. The van der Waals surface area contributed by atoms with Gasteiger partial charge >= 0.3 is 30.8 Å². The summed E-state index contributed by atoms with van der Waals surface area (Å²) < 4.78 is 34.1. The molecule has 0 aliphatic rings. The molecule has 56 heavy (non-hydrogen) atoms. The lowest BCUT2D eigenvalue weighted by Crippen LogP contribution is -2.63. The Morgan fingerprint density at radius 1 is 0.357 bits per heavy atom. The molecule has 328 valence electrons. The van der Waals surface area contributed by atoms with Crippen LogP contribution in [0.5, 0.6) is 0 Å². The molecule has 0 N–H and O–H groups in total. The minimum atomic E-state index is -1.61. The molecule has 0 radical (unpaired) electrons. The Hall–Kier alpha value is -3.81. The van der Waals surface area contributed by atoms with Crippen LogP contribution < -0.4 is 0 Å². The second kappa shape index (κ2) is 24.1. The first-order valence-electron chi connectivity index (χ1n) is 18.9. The van der Waals surface area contributed by atoms with Gasteiger partial charge in [-0.15, -0.1) is 0 Å². The van der Waals surface area contributed by atoms with Gasteiger partial charge in [0.15, 0.2) is 0 Å². The zero-order chi connectivity index (χ0) is 43.3. The van der Waals surface area contributed by atoms with E-state index in [0.717, 1.165) is 0 Å². The van der Waals surface area contributed by atoms with Crippen LogP contribution in [0, 0.1) is 10.8 Å². The fourth-order valence-corrected chi connectivity index (χ4v) is 6.44. The lowest BCUT2D eigenvalue weighted by atomic mass is 9.62. The molecule has 0 aliphatic carbocycles. The Labute approximate surface area is 330 Å². The number of carbonyl (C=O) groups excluding carboxylic acids is 5. The molecular formula is C37H66O19. The number of ether oxygens (including phenoxy) is 6. The van der Waals surface area contributed by atoms with Gasteiger partial charge in [0.25, 0.3) is 0 Å². The number of hydrogen-bond donors (Lipinski definition) is 0. The molecule has 0 unspecified atom stereocenters. The van der Waals surface area contributed by atoms with Crippen molar-refractivity contribution >= 4 is 30.8 Å². The first-order valence-corrected chi connectivity index (χ1v) is 18.9. The fraction of sp³-hybridized carbons (Fsp3) is 0.865. The van der Waals surface area contributed by atoms with Crippen LogP contribution in [0.25, 0.3) is 0 Å². The predicted octanol–water partition coefficient (Wildman–Crippen LogP) is 9.03. The normalized spacial score (nSPS) is 12.5. The first kappa shape index (κ1) is 52.2. The average Bonchev–Trinajstić information content (AvgIpc) is 3.08. The topological polar surface area (TPSA) is 215 Å². The molecule has 0 amide bonds. The van der Waals surface area contributed by atoms with E-state index in [0.29, 0.717) is 25.7 Å². The van der Waals surface area contributed by atoms with Crippen LogP contribution in [0.4, 0.5) is 24.0 Å². The summed E-state index contributed by atoms with van der Waals surface area (Å²) >= 11 is 0. The summed E-state index contributed by atoms with van der Waals surface area (Å²) in [5.74, 6) is 0. The molecule has 19 nitrogen and oxygen atoms in total. The van der Waals surface area contributed by atoms with E-state index in [9.17, 15) is 24.0 Å². The highest BCUT2D eigenvalue weighted by atomic mass is 17.2. The van der Waals surface area contributed by atoms with Gasteiger partial charge < -0.3 is 28.4 Å². The van der Waals surface area contributed by atoms with Crippen LogP contribution in [0.3, 0.4) is 0 Å². The maximum atomic E-state index is 13.6. The summed E-state index contributed by atoms with van der Waals surface area (Å²) in [4.78, 5) is 103. The lowest BCUT2D eigenvalue weighted by Gasteiger charge is -2.52. The van der Waals surface area contributed by atoms with Crippen molar-refractivity contribution in [3.05, 3.63) is 0 Å². The molecule has 0 aromatic rings. The Morgan fingerprint density at radius 3 is 0.750 bits per heavy atom. The van der Waals surface area contributed by atoms with E-state index in [1.165, 1.54) is 55.4 Å². The van der Waals surface area contributed by atoms with E-state index in [4.69, 9.17) is 67.5 Å². The average molecular weight is 815 g/mol. The highest BCUT2D eigenvalue weighted by molar-refractivity contribution is 5.63. The van der Waals surface area contributed by atoms with Gasteiger partial charge in [-0.2, -0.15) is 19.6 Å². The second-order valence-corrected chi connectivity index (χ2v) is 14.8. The van der Waals surface area contributed by atoms with Crippen LogP contribution in [-0.2, 0) is 67.5 Å².